The van der Waals surface area contributed by atoms with Crippen LogP contribution in [0, 0.1) is 6.92 Å². The summed E-state index contributed by atoms with van der Waals surface area (Å²) in [6, 6.07) is 13.3. The highest BCUT2D eigenvalue weighted by atomic mass is 16.3. The van der Waals surface area contributed by atoms with Crippen molar-refractivity contribution in [3.8, 4) is 16.9 Å². The highest BCUT2D eigenvalue weighted by Gasteiger charge is 2.07. The zero-order valence-electron chi connectivity index (χ0n) is 11.2. The van der Waals surface area contributed by atoms with Crippen LogP contribution in [-0.4, -0.2) is 15.2 Å². The molecule has 0 spiro atoms. The Balaban J connectivity index is 2.22. The van der Waals surface area contributed by atoms with Crippen molar-refractivity contribution in [2.24, 2.45) is 0 Å². The van der Waals surface area contributed by atoms with Gasteiger partial charge in [0.1, 0.15) is 5.75 Å². The molecular weight excluding hydrogens is 250 g/mol. The number of fused-ring (bicyclic) bond motifs is 1. The number of pyridine rings is 1. The summed E-state index contributed by atoms with van der Waals surface area (Å²) in [7, 11) is 0. The number of aromatic hydroxyl groups is 1. The topological polar surface area (TPSA) is 53.4 Å². The van der Waals surface area contributed by atoms with Gasteiger partial charge in [0.2, 0.25) is 0 Å². The number of hydrogen-bond acceptors (Lipinski definition) is 3. The van der Waals surface area contributed by atoms with Crippen LogP contribution in [0.3, 0.4) is 0 Å². The van der Waals surface area contributed by atoms with Gasteiger partial charge in [0.15, 0.2) is 0 Å². The van der Waals surface area contributed by atoms with Crippen molar-refractivity contribution in [3.05, 3.63) is 59.8 Å². The molecule has 0 aliphatic carbocycles. The number of benzene rings is 2. The largest absolute Gasteiger partial charge is 0.508 e. The van der Waals surface area contributed by atoms with Gasteiger partial charge in [-0.15, -0.1) is 0 Å². The fourth-order valence-corrected chi connectivity index (χ4v) is 2.37. The highest BCUT2D eigenvalue weighted by Crippen LogP contribution is 2.30. The standard InChI is InChI=1S/C17H15NO2/c1-11-8-13(3-5-17(11)20)14-6-7-18-16-9-12(10-19)2-4-15(14)16/h2-9,19-20H,10H2,1H3. The molecule has 3 rings (SSSR count). The lowest BCUT2D eigenvalue weighted by Gasteiger charge is -2.09. The van der Waals surface area contributed by atoms with Crippen LogP contribution >= 0.6 is 0 Å². The van der Waals surface area contributed by atoms with Gasteiger partial charge in [-0.2, -0.15) is 0 Å². The molecule has 0 radical (unpaired) electrons. The Labute approximate surface area is 117 Å². The van der Waals surface area contributed by atoms with Crippen LogP contribution in [0.15, 0.2) is 48.7 Å². The van der Waals surface area contributed by atoms with Crippen LogP contribution in [0.2, 0.25) is 0 Å². The molecule has 1 heterocycles. The molecule has 0 unspecified atom stereocenters. The maximum atomic E-state index is 9.63. The Hall–Kier alpha value is -2.39. The third-order valence-electron chi connectivity index (χ3n) is 3.50. The SMILES string of the molecule is Cc1cc(-c2ccnc3cc(CO)ccc23)ccc1O. The van der Waals surface area contributed by atoms with Gasteiger partial charge in [0.05, 0.1) is 12.1 Å². The van der Waals surface area contributed by atoms with Crippen LogP contribution in [-0.2, 0) is 6.61 Å². The molecular formula is C17H15NO2. The normalized spacial score (nSPS) is 10.9. The second-order valence-electron chi connectivity index (χ2n) is 4.87. The molecule has 0 fully saturated rings. The zero-order valence-corrected chi connectivity index (χ0v) is 11.2. The molecule has 0 atom stereocenters. The number of nitrogens with zero attached hydrogens (tertiary/aromatic N) is 1. The van der Waals surface area contributed by atoms with E-state index in [-0.39, 0.29) is 6.61 Å². The molecule has 2 aromatic carbocycles. The van der Waals surface area contributed by atoms with E-state index in [1.54, 1.807) is 12.3 Å². The molecule has 20 heavy (non-hydrogen) atoms. The van der Waals surface area contributed by atoms with E-state index in [0.717, 1.165) is 33.2 Å². The van der Waals surface area contributed by atoms with Crippen molar-refractivity contribution < 1.29 is 10.2 Å². The first-order chi connectivity index (χ1) is 9.69. The fourth-order valence-electron chi connectivity index (χ4n) is 2.37. The summed E-state index contributed by atoms with van der Waals surface area (Å²) in [4.78, 5) is 4.36. The van der Waals surface area contributed by atoms with E-state index in [4.69, 9.17) is 0 Å². The average Bonchev–Trinajstić information content (AvgIpc) is 2.49. The number of aliphatic hydroxyl groups is 1. The number of phenols is 1. The number of aliphatic hydroxyl groups excluding tert-OH is 1. The van der Waals surface area contributed by atoms with Gasteiger partial charge in [-0.1, -0.05) is 18.2 Å². The Morgan fingerprint density at radius 2 is 1.90 bits per heavy atom. The van der Waals surface area contributed by atoms with Gasteiger partial charge in [-0.25, -0.2) is 0 Å². The highest BCUT2D eigenvalue weighted by molar-refractivity contribution is 5.94. The van der Waals surface area contributed by atoms with Crippen LogP contribution in [0.4, 0.5) is 0 Å². The molecule has 0 saturated carbocycles. The lowest BCUT2D eigenvalue weighted by molar-refractivity contribution is 0.282. The van der Waals surface area contributed by atoms with Crippen LogP contribution in [0.25, 0.3) is 22.0 Å². The molecule has 3 nitrogen and oxygen atoms in total. The Bertz CT molecular complexity index is 781. The Morgan fingerprint density at radius 3 is 2.65 bits per heavy atom. The molecule has 0 bridgehead atoms. The predicted octanol–water partition coefficient (Wildman–Crippen LogP) is 3.41. The summed E-state index contributed by atoms with van der Waals surface area (Å²) in [5, 5.41) is 19.9. The van der Waals surface area contributed by atoms with Crippen molar-refractivity contribution in [1.82, 2.24) is 4.98 Å². The Morgan fingerprint density at radius 1 is 1.05 bits per heavy atom. The first-order valence-corrected chi connectivity index (χ1v) is 6.47. The van der Waals surface area contributed by atoms with Crippen LogP contribution < -0.4 is 0 Å². The zero-order chi connectivity index (χ0) is 14.1. The maximum absolute atomic E-state index is 9.63. The van der Waals surface area contributed by atoms with Gasteiger partial charge in [-0.3, -0.25) is 4.98 Å². The number of aryl methyl sites for hydroxylation is 1. The summed E-state index contributed by atoms with van der Waals surface area (Å²) in [6.07, 6.45) is 1.76. The minimum Gasteiger partial charge on any atom is -0.508 e. The van der Waals surface area contributed by atoms with Crippen molar-refractivity contribution in [1.29, 1.82) is 0 Å². The van der Waals surface area contributed by atoms with Crippen molar-refractivity contribution in [2.45, 2.75) is 13.5 Å². The van der Waals surface area contributed by atoms with Gasteiger partial charge in [0.25, 0.3) is 0 Å². The quantitative estimate of drug-likeness (QED) is 0.746. The first-order valence-electron chi connectivity index (χ1n) is 6.47. The van der Waals surface area contributed by atoms with E-state index >= 15 is 0 Å². The molecule has 0 aliphatic rings. The van der Waals surface area contributed by atoms with Crippen molar-refractivity contribution >= 4 is 10.9 Å². The molecule has 3 aromatic rings. The monoisotopic (exact) mass is 265 g/mol. The first kappa shape index (κ1) is 12.6. The second kappa shape index (κ2) is 4.94. The van der Waals surface area contributed by atoms with Crippen molar-refractivity contribution in [3.63, 3.8) is 0 Å². The number of aromatic nitrogens is 1. The lowest BCUT2D eigenvalue weighted by atomic mass is 9.99. The van der Waals surface area contributed by atoms with E-state index in [1.165, 1.54) is 0 Å². The van der Waals surface area contributed by atoms with E-state index in [1.807, 2.05) is 43.3 Å². The molecule has 1 aromatic heterocycles. The molecule has 0 amide bonds. The van der Waals surface area contributed by atoms with Gasteiger partial charge in [-0.05, 0) is 53.4 Å². The van der Waals surface area contributed by atoms with E-state index in [2.05, 4.69) is 4.98 Å². The van der Waals surface area contributed by atoms with Gasteiger partial charge in [0, 0.05) is 11.6 Å². The predicted molar refractivity (Wildman–Crippen MR) is 79.5 cm³/mol. The Kier molecular flexibility index (Phi) is 3.12. The third-order valence-corrected chi connectivity index (χ3v) is 3.50. The minimum atomic E-state index is 0.0141. The van der Waals surface area contributed by atoms with E-state index in [0.29, 0.717) is 5.75 Å². The number of hydrogen-bond donors (Lipinski definition) is 2. The summed E-state index contributed by atoms with van der Waals surface area (Å²) < 4.78 is 0. The average molecular weight is 265 g/mol. The van der Waals surface area contributed by atoms with Crippen LogP contribution in [0.1, 0.15) is 11.1 Å². The maximum Gasteiger partial charge on any atom is 0.118 e. The summed E-state index contributed by atoms with van der Waals surface area (Å²) in [5.74, 6) is 0.301. The molecule has 3 heteroatoms. The summed E-state index contributed by atoms with van der Waals surface area (Å²) in [5.41, 5.74) is 4.68. The van der Waals surface area contributed by atoms with E-state index in [9.17, 15) is 10.2 Å². The molecule has 2 N–H and O–H groups in total. The molecule has 0 saturated heterocycles. The fraction of sp³-hybridized carbons (Fsp3) is 0.118. The lowest BCUT2D eigenvalue weighted by Crippen LogP contribution is -1.88. The second-order valence-corrected chi connectivity index (χ2v) is 4.87. The van der Waals surface area contributed by atoms with Gasteiger partial charge >= 0.3 is 0 Å². The minimum absolute atomic E-state index is 0.0141. The number of rotatable bonds is 2. The van der Waals surface area contributed by atoms with Crippen LogP contribution in [0.5, 0.6) is 5.75 Å². The molecule has 100 valence electrons. The van der Waals surface area contributed by atoms with E-state index < -0.39 is 0 Å². The third kappa shape index (κ3) is 2.12. The summed E-state index contributed by atoms with van der Waals surface area (Å²) >= 11 is 0. The molecule has 0 aliphatic heterocycles. The smallest absolute Gasteiger partial charge is 0.118 e. The van der Waals surface area contributed by atoms with Crippen molar-refractivity contribution in [2.75, 3.05) is 0 Å². The number of phenolic OH excluding ortho intramolecular Hbond substituents is 1. The van der Waals surface area contributed by atoms with Gasteiger partial charge < -0.3 is 10.2 Å². The summed E-state index contributed by atoms with van der Waals surface area (Å²) in [6.45, 7) is 1.90.